The fourth-order valence-corrected chi connectivity index (χ4v) is 2.80. The van der Waals surface area contributed by atoms with Crippen LogP contribution in [0.3, 0.4) is 0 Å². The Morgan fingerprint density at radius 1 is 1.29 bits per heavy atom. The normalized spacial score (nSPS) is 18.1. The smallest absolute Gasteiger partial charge is 0.137 e. The number of nitrogens with zero attached hydrogens (tertiary/aromatic N) is 1. The van der Waals surface area contributed by atoms with Gasteiger partial charge < -0.3 is 9.47 Å². The van der Waals surface area contributed by atoms with E-state index in [1.165, 1.54) is 31.2 Å². The SMILES string of the molecule is C=C(OCC(CC)C(=C)C)c1cc(OCC2CC2)c(C2CC2)cn1. The molecule has 0 radical (unpaired) electrons. The fourth-order valence-electron chi connectivity index (χ4n) is 2.80. The van der Waals surface area contributed by atoms with E-state index in [2.05, 4.69) is 25.1 Å². The molecule has 1 heterocycles. The maximum absolute atomic E-state index is 6.09. The third-order valence-electron chi connectivity index (χ3n) is 5.02. The first-order chi connectivity index (χ1) is 11.6. The number of pyridine rings is 1. The lowest BCUT2D eigenvalue weighted by atomic mass is 10.0. The van der Waals surface area contributed by atoms with Gasteiger partial charge in [-0.1, -0.05) is 25.7 Å². The quantitative estimate of drug-likeness (QED) is 0.429. The van der Waals surface area contributed by atoms with Gasteiger partial charge in [0.25, 0.3) is 0 Å². The second-order valence-corrected chi connectivity index (χ2v) is 7.32. The molecule has 3 heteroatoms. The summed E-state index contributed by atoms with van der Waals surface area (Å²) in [5, 5.41) is 0. The van der Waals surface area contributed by atoms with Crippen molar-refractivity contribution in [3.05, 3.63) is 42.3 Å². The molecule has 3 nitrogen and oxygen atoms in total. The van der Waals surface area contributed by atoms with Gasteiger partial charge in [-0.15, -0.1) is 0 Å². The van der Waals surface area contributed by atoms with Gasteiger partial charge in [0.15, 0.2) is 0 Å². The van der Waals surface area contributed by atoms with Crippen LogP contribution in [-0.4, -0.2) is 18.2 Å². The van der Waals surface area contributed by atoms with E-state index in [0.717, 1.165) is 36.0 Å². The number of hydrogen-bond donors (Lipinski definition) is 0. The topological polar surface area (TPSA) is 31.4 Å². The van der Waals surface area contributed by atoms with Crippen LogP contribution in [0.5, 0.6) is 5.75 Å². The molecule has 2 fully saturated rings. The summed E-state index contributed by atoms with van der Waals surface area (Å²) in [5.41, 5.74) is 3.18. The van der Waals surface area contributed by atoms with Crippen molar-refractivity contribution in [1.29, 1.82) is 0 Å². The highest BCUT2D eigenvalue weighted by Crippen LogP contribution is 2.45. The second kappa shape index (κ2) is 7.42. The number of ether oxygens (including phenoxy) is 2. The second-order valence-electron chi connectivity index (χ2n) is 7.32. The zero-order valence-corrected chi connectivity index (χ0v) is 15.0. The maximum atomic E-state index is 6.09. The molecule has 1 atom stereocenters. The lowest BCUT2D eigenvalue weighted by molar-refractivity contribution is 0.230. The van der Waals surface area contributed by atoms with Crippen LogP contribution in [0.4, 0.5) is 0 Å². The van der Waals surface area contributed by atoms with Gasteiger partial charge in [-0.05, 0) is 50.9 Å². The Hall–Kier alpha value is -1.77. The third-order valence-corrected chi connectivity index (χ3v) is 5.02. The standard InChI is InChI=1S/C21H29NO2/c1-5-17(14(2)3)13-23-15(4)20-10-21(24-12-16-6-7-16)19(11-22-20)18-8-9-18/h10-11,16-18H,2,4-9,12-13H2,1,3H3. The Morgan fingerprint density at radius 3 is 2.62 bits per heavy atom. The summed E-state index contributed by atoms with van der Waals surface area (Å²) < 4.78 is 12.0. The largest absolute Gasteiger partial charge is 0.493 e. The first-order valence-corrected chi connectivity index (χ1v) is 9.18. The first-order valence-electron chi connectivity index (χ1n) is 9.18. The van der Waals surface area contributed by atoms with E-state index in [0.29, 0.717) is 24.2 Å². The van der Waals surface area contributed by atoms with Crippen LogP contribution in [0.1, 0.15) is 63.1 Å². The highest BCUT2D eigenvalue weighted by atomic mass is 16.5. The van der Waals surface area contributed by atoms with Crippen molar-refractivity contribution < 1.29 is 9.47 Å². The monoisotopic (exact) mass is 327 g/mol. The molecule has 2 saturated carbocycles. The first kappa shape index (κ1) is 17.1. The highest BCUT2D eigenvalue weighted by Gasteiger charge is 2.29. The van der Waals surface area contributed by atoms with E-state index >= 15 is 0 Å². The van der Waals surface area contributed by atoms with Gasteiger partial charge in [0.2, 0.25) is 0 Å². The van der Waals surface area contributed by atoms with Crippen LogP contribution in [-0.2, 0) is 4.74 Å². The van der Waals surface area contributed by atoms with Crippen molar-refractivity contribution in [1.82, 2.24) is 4.98 Å². The summed E-state index contributed by atoms with van der Waals surface area (Å²) in [4.78, 5) is 4.56. The van der Waals surface area contributed by atoms with Gasteiger partial charge in [-0.25, -0.2) is 0 Å². The predicted molar refractivity (Wildman–Crippen MR) is 98.0 cm³/mol. The molecule has 2 aliphatic carbocycles. The minimum absolute atomic E-state index is 0.359. The van der Waals surface area contributed by atoms with E-state index in [4.69, 9.17) is 9.47 Å². The molecular formula is C21H29NO2. The summed E-state index contributed by atoms with van der Waals surface area (Å²) in [6, 6.07) is 2.01. The van der Waals surface area contributed by atoms with Crippen molar-refractivity contribution in [2.45, 2.75) is 51.9 Å². The van der Waals surface area contributed by atoms with Crippen LogP contribution in [0.2, 0.25) is 0 Å². The lowest BCUT2D eigenvalue weighted by Crippen LogP contribution is -2.09. The van der Waals surface area contributed by atoms with E-state index in [-0.39, 0.29) is 0 Å². The van der Waals surface area contributed by atoms with Crippen molar-refractivity contribution in [2.75, 3.05) is 13.2 Å². The van der Waals surface area contributed by atoms with Crippen molar-refractivity contribution in [3.63, 3.8) is 0 Å². The number of rotatable bonds is 10. The molecule has 2 aliphatic rings. The lowest BCUT2D eigenvalue weighted by Gasteiger charge is -2.18. The van der Waals surface area contributed by atoms with Crippen LogP contribution in [0.15, 0.2) is 31.0 Å². The molecular weight excluding hydrogens is 298 g/mol. The van der Waals surface area contributed by atoms with Crippen molar-refractivity contribution >= 4 is 5.76 Å². The fraction of sp³-hybridized carbons (Fsp3) is 0.571. The number of aromatic nitrogens is 1. The van der Waals surface area contributed by atoms with Crippen molar-refractivity contribution in [2.24, 2.45) is 11.8 Å². The van der Waals surface area contributed by atoms with Crippen LogP contribution < -0.4 is 4.74 Å². The van der Waals surface area contributed by atoms with Gasteiger partial charge in [0.1, 0.15) is 17.2 Å². The predicted octanol–water partition coefficient (Wildman–Crippen LogP) is 5.34. The molecule has 1 unspecified atom stereocenters. The van der Waals surface area contributed by atoms with E-state index in [1.54, 1.807) is 0 Å². The molecule has 3 rings (SSSR count). The zero-order valence-electron chi connectivity index (χ0n) is 15.0. The Kier molecular flexibility index (Phi) is 5.27. The van der Waals surface area contributed by atoms with E-state index in [9.17, 15) is 0 Å². The minimum atomic E-state index is 0.359. The molecule has 130 valence electrons. The summed E-state index contributed by atoms with van der Waals surface area (Å²) in [5.74, 6) is 3.33. The van der Waals surface area contributed by atoms with Gasteiger partial charge in [0.05, 0.1) is 13.2 Å². The van der Waals surface area contributed by atoms with Crippen molar-refractivity contribution in [3.8, 4) is 5.75 Å². The van der Waals surface area contributed by atoms with Crippen LogP contribution in [0, 0.1) is 11.8 Å². The molecule has 0 spiro atoms. The molecule has 1 aromatic rings. The molecule has 24 heavy (non-hydrogen) atoms. The average molecular weight is 327 g/mol. The number of hydrogen-bond acceptors (Lipinski definition) is 3. The molecule has 1 aromatic heterocycles. The maximum Gasteiger partial charge on any atom is 0.137 e. The Bertz CT molecular complexity index is 614. The summed E-state index contributed by atoms with van der Waals surface area (Å²) in [6.45, 7) is 13.7. The molecule has 0 aromatic carbocycles. The average Bonchev–Trinajstić information content (AvgIpc) is 3.47. The summed E-state index contributed by atoms with van der Waals surface area (Å²) in [6.07, 6.45) is 8.06. The molecule has 0 saturated heterocycles. The van der Waals surface area contributed by atoms with E-state index < -0.39 is 0 Å². The molecule has 0 bridgehead atoms. The van der Waals surface area contributed by atoms with Gasteiger partial charge >= 0.3 is 0 Å². The van der Waals surface area contributed by atoms with Gasteiger partial charge in [0, 0.05) is 23.7 Å². The Balaban J connectivity index is 1.66. The molecule has 0 amide bonds. The highest BCUT2D eigenvalue weighted by molar-refractivity contribution is 5.56. The zero-order chi connectivity index (χ0) is 17.1. The summed E-state index contributed by atoms with van der Waals surface area (Å²) in [7, 11) is 0. The van der Waals surface area contributed by atoms with Gasteiger partial charge in [-0.3, -0.25) is 4.98 Å². The third kappa shape index (κ3) is 4.40. The Labute approximate surface area is 145 Å². The van der Waals surface area contributed by atoms with Crippen LogP contribution in [0.25, 0.3) is 5.76 Å². The Morgan fingerprint density at radius 2 is 2.04 bits per heavy atom. The van der Waals surface area contributed by atoms with Crippen LogP contribution >= 0.6 is 0 Å². The van der Waals surface area contributed by atoms with Gasteiger partial charge in [-0.2, -0.15) is 0 Å². The summed E-state index contributed by atoms with van der Waals surface area (Å²) >= 11 is 0. The molecule has 0 aliphatic heterocycles. The minimum Gasteiger partial charge on any atom is -0.493 e. The molecule has 0 N–H and O–H groups in total. The van der Waals surface area contributed by atoms with E-state index in [1.807, 2.05) is 19.2 Å².